The van der Waals surface area contributed by atoms with E-state index in [1.54, 1.807) is 7.11 Å². The van der Waals surface area contributed by atoms with Crippen molar-refractivity contribution in [2.75, 3.05) is 13.7 Å². The number of nitrogens with zero attached hydrogens (tertiary/aromatic N) is 2. The second-order valence-electron chi connectivity index (χ2n) is 3.70. The van der Waals surface area contributed by atoms with Gasteiger partial charge in [-0.15, -0.1) is 11.6 Å². The van der Waals surface area contributed by atoms with Gasteiger partial charge in [-0.3, -0.25) is 4.68 Å². The molecule has 1 unspecified atom stereocenters. The Morgan fingerprint density at radius 1 is 1.62 bits per heavy atom. The van der Waals surface area contributed by atoms with E-state index in [0.29, 0.717) is 6.61 Å². The Bertz CT molecular complexity index is 317. The monoisotopic (exact) mass is 308 g/mol. The largest absolute Gasteiger partial charge is 0.383 e. The summed E-state index contributed by atoms with van der Waals surface area (Å²) >= 11 is 9.64. The van der Waals surface area contributed by atoms with Crippen LogP contribution in [0.4, 0.5) is 0 Å². The zero-order valence-corrected chi connectivity index (χ0v) is 12.1. The maximum atomic E-state index is 6.12. The lowest BCUT2D eigenvalue weighted by atomic mass is 10.1. The molecule has 1 atom stereocenters. The first-order chi connectivity index (χ1) is 7.69. The maximum absolute atomic E-state index is 6.12. The van der Waals surface area contributed by atoms with Gasteiger partial charge in [0.25, 0.3) is 0 Å². The van der Waals surface area contributed by atoms with Gasteiger partial charge in [-0.1, -0.05) is 6.92 Å². The van der Waals surface area contributed by atoms with Crippen molar-refractivity contribution in [3.63, 3.8) is 0 Å². The van der Waals surface area contributed by atoms with Crippen LogP contribution in [-0.4, -0.2) is 28.9 Å². The average molecular weight is 310 g/mol. The van der Waals surface area contributed by atoms with Crippen LogP contribution in [0.2, 0.25) is 0 Å². The Morgan fingerprint density at radius 3 is 3.00 bits per heavy atom. The van der Waals surface area contributed by atoms with Crippen molar-refractivity contribution >= 4 is 27.5 Å². The van der Waals surface area contributed by atoms with Crippen LogP contribution in [0.5, 0.6) is 0 Å². The van der Waals surface area contributed by atoms with Crippen LogP contribution < -0.4 is 0 Å². The Labute approximate surface area is 110 Å². The minimum absolute atomic E-state index is 0.248. The molecule has 0 amide bonds. The number of rotatable bonds is 7. The fourth-order valence-corrected chi connectivity index (χ4v) is 2.11. The fraction of sp³-hybridized carbons (Fsp3) is 0.727. The van der Waals surface area contributed by atoms with Crippen LogP contribution in [0, 0.1) is 0 Å². The van der Waals surface area contributed by atoms with Crippen LogP contribution in [0.1, 0.15) is 25.5 Å². The topological polar surface area (TPSA) is 27.1 Å². The van der Waals surface area contributed by atoms with Gasteiger partial charge in [0.05, 0.1) is 29.5 Å². The first-order valence-electron chi connectivity index (χ1n) is 5.52. The quantitative estimate of drug-likeness (QED) is 0.723. The molecule has 0 aliphatic carbocycles. The second-order valence-corrected chi connectivity index (χ2v) is 5.17. The van der Waals surface area contributed by atoms with Gasteiger partial charge in [-0.05, 0) is 35.2 Å². The summed E-state index contributed by atoms with van der Waals surface area (Å²) in [6, 6.07) is 0. The van der Waals surface area contributed by atoms with Gasteiger partial charge in [-0.2, -0.15) is 5.10 Å². The van der Waals surface area contributed by atoms with Crippen molar-refractivity contribution in [1.82, 2.24) is 9.78 Å². The molecule has 0 aliphatic heterocycles. The lowest BCUT2D eigenvalue weighted by molar-refractivity contribution is 0.182. The fourth-order valence-electron chi connectivity index (χ4n) is 1.50. The van der Waals surface area contributed by atoms with Crippen molar-refractivity contribution in [2.24, 2.45) is 0 Å². The zero-order valence-electron chi connectivity index (χ0n) is 9.75. The molecule has 92 valence electrons. The zero-order chi connectivity index (χ0) is 12.0. The second kappa shape index (κ2) is 7.30. The summed E-state index contributed by atoms with van der Waals surface area (Å²) in [5.41, 5.74) is 1.20. The predicted molar refractivity (Wildman–Crippen MR) is 70.1 cm³/mol. The van der Waals surface area contributed by atoms with Crippen molar-refractivity contribution in [1.29, 1.82) is 0 Å². The molecule has 1 heterocycles. The summed E-state index contributed by atoms with van der Waals surface area (Å²) in [5, 5.41) is 4.55. The molecule has 16 heavy (non-hydrogen) atoms. The number of methoxy groups -OCH3 is 1. The third kappa shape index (κ3) is 4.07. The molecule has 1 aromatic rings. The lowest BCUT2D eigenvalue weighted by Gasteiger charge is -2.09. The summed E-state index contributed by atoms with van der Waals surface area (Å²) < 4.78 is 8.09. The SMILES string of the molecule is CCC(Cl)CCc1c(Br)cnn1CCOC. The summed E-state index contributed by atoms with van der Waals surface area (Å²) in [4.78, 5) is 0. The number of hydrogen-bond donors (Lipinski definition) is 0. The van der Waals surface area contributed by atoms with Gasteiger partial charge >= 0.3 is 0 Å². The molecule has 3 nitrogen and oxygen atoms in total. The number of ether oxygens (including phenoxy) is 1. The van der Waals surface area contributed by atoms with E-state index in [1.165, 1.54) is 5.69 Å². The summed E-state index contributed by atoms with van der Waals surface area (Å²) in [5.74, 6) is 0. The average Bonchev–Trinajstić information content (AvgIpc) is 2.64. The smallest absolute Gasteiger partial charge is 0.0658 e. The maximum Gasteiger partial charge on any atom is 0.0658 e. The van der Waals surface area contributed by atoms with E-state index in [0.717, 1.165) is 30.3 Å². The van der Waals surface area contributed by atoms with E-state index in [4.69, 9.17) is 16.3 Å². The van der Waals surface area contributed by atoms with Crippen LogP contribution in [0.25, 0.3) is 0 Å². The molecular weight excluding hydrogens is 291 g/mol. The van der Waals surface area contributed by atoms with Gasteiger partial charge in [0, 0.05) is 12.5 Å². The van der Waals surface area contributed by atoms with Crippen LogP contribution in [-0.2, 0) is 17.7 Å². The van der Waals surface area contributed by atoms with Gasteiger partial charge in [0.1, 0.15) is 0 Å². The van der Waals surface area contributed by atoms with E-state index in [1.807, 2.05) is 10.9 Å². The summed E-state index contributed by atoms with van der Waals surface area (Å²) in [6.07, 6.45) is 4.77. The van der Waals surface area contributed by atoms with Gasteiger partial charge in [0.2, 0.25) is 0 Å². The normalized spacial score (nSPS) is 13.0. The van der Waals surface area contributed by atoms with Gasteiger partial charge in [-0.25, -0.2) is 0 Å². The molecule has 0 saturated carbocycles. The van der Waals surface area contributed by atoms with Gasteiger partial charge < -0.3 is 4.74 Å². The number of alkyl halides is 1. The summed E-state index contributed by atoms with van der Waals surface area (Å²) in [6.45, 7) is 3.57. The molecule has 0 aromatic carbocycles. The van der Waals surface area contributed by atoms with E-state index in [-0.39, 0.29) is 5.38 Å². The molecule has 0 aliphatic rings. The number of aromatic nitrogens is 2. The highest BCUT2D eigenvalue weighted by molar-refractivity contribution is 9.10. The molecule has 0 radical (unpaired) electrons. The third-order valence-corrected chi connectivity index (χ3v) is 3.73. The molecule has 5 heteroatoms. The molecular formula is C11H18BrClN2O. The van der Waals surface area contributed by atoms with Crippen molar-refractivity contribution < 1.29 is 4.74 Å². The van der Waals surface area contributed by atoms with Gasteiger partial charge in [0.15, 0.2) is 0 Å². The Kier molecular flexibility index (Phi) is 6.39. The van der Waals surface area contributed by atoms with E-state index >= 15 is 0 Å². The standard InChI is InChI=1S/C11H18BrClN2O/c1-3-9(13)4-5-11-10(12)8-14-15(11)6-7-16-2/h8-9H,3-7H2,1-2H3. The number of hydrogen-bond acceptors (Lipinski definition) is 2. The third-order valence-electron chi connectivity index (χ3n) is 2.54. The lowest BCUT2D eigenvalue weighted by Crippen LogP contribution is -2.11. The van der Waals surface area contributed by atoms with Crippen molar-refractivity contribution in [2.45, 2.75) is 38.1 Å². The number of halogens is 2. The van der Waals surface area contributed by atoms with E-state index in [2.05, 4.69) is 28.0 Å². The Hall–Kier alpha value is -0.0600. The molecule has 0 N–H and O–H groups in total. The first-order valence-corrected chi connectivity index (χ1v) is 6.75. The van der Waals surface area contributed by atoms with Crippen LogP contribution in [0.15, 0.2) is 10.7 Å². The van der Waals surface area contributed by atoms with E-state index < -0.39 is 0 Å². The summed E-state index contributed by atoms with van der Waals surface area (Å²) in [7, 11) is 1.70. The predicted octanol–water partition coefficient (Wildman–Crippen LogP) is 3.24. The minimum Gasteiger partial charge on any atom is -0.383 e. The molecule has 1 aromatic heterocycles. The molecule has 0 spiro atoms. The molecule has 1 rings (SSSR count). The van der Waals surface area contributed by atoms with Crippen molar-refractivity contribution in [3.05, 3.63) is 16.4 Å². The first kappa shape index (κ1) is 14.0. The molecule has 0 fully saturated rings. The highest BCUT2D eigenvalue weighted by Gasteiger charge is 2.10. The molecule has 0 saturated heterocycles. The van der Waals surface area contributed by atoms with E-state index in [9.17, 15) is 0 Å². The van der Waals surface area contributed by atoms with Crippen LogP contribution >= 0.6 is 27.5 Å². The Balaban J connectivity index is 2.58. The van der Waals surface area contributed by atoms with Crippen LogP contribution in [0.3, 0.4) is 0 Å². The minimum atomic E-state index is 0.248. The Morgan fingerprint density at radius 2 is 2.38 bits per heavy atom. The molecule has 0 bridgehead atoms. The highest BCUT2D eigenvalue weighted by Crippen LogP contribution is 2.20. The highest BCUT2D eigenvalue weighted by atomic mass is 79.9. The van der Waals surface area contributed by atoms with Crippen molar-refractivity contribution in [3.8, 4) is 0 Å².